The van der Waals surface area contributed by atoms with Gasteiger partial charge in [0.15, 0.2) is 0 Å². The van der Waals surface area contributed by atoms with E-state index in [0.29, 0.717) is 6.54 Å². The Morgan fingerprint density at radius 2 is 1.79 bits per heavy atom. The molecule has 0 spiro atoms. The third kappa shape index (κ3) is 4.15. The maximum Gasteiger partial charge on any atom is 0.279 e. The van der Waals surface area contributed by atoms with Crippen molar-refractivity contribution in [3.05, 3.63) is 0 Å². The molecule has 0 aromatic carbocycles. The second-order valence-electron chi connectivity index (χ2n) is 5.67. The zero-order chi connectivity index (χ0) is 13.7. The minimum absolute atomic E-state index is 0.118. The van der Waals surface area contributed by atoms with Crippen LogP contribution in [0.25, 0.3) is 0 Å². The number of nitrogens with one attached hydrogen (secondary N) is 2. The van der Waals surface area contributed by atoms with E-state index in [4.69, 9.17) is 0 Å². The number of rotatable bonds is 6. The Morgan fingerprint density at radius 3 is 2.47 bits per heavy atom. The summed E-state index contributed by atoms with van der Waals surface area (Å²) in [7, 11) is -3.30. The second-order valence-corrected chi connectivity index (χ2v) is 7.33. The van der Waals surface area contributed by atoms with Gasteiger partial charge in [-0.2, -0.15) is 17.4 Å². The average molecular weight is 289 g/mol. The van der Waals surface area contributed by atoms with E-state index in [9.17, 15) is 8.42 Å². The first kappa shape index (κ1) is 15.2. The summed E-state index contributed by atoms with van der Waals surface area (Å²) < 4.78 is 29.6. The predicted octanol–water partition coefficient (Wildman–Crippen LogP) is 1.23. The summed E-state index contributed by atoms with van der Waals surface area (Å²) in [6, 6.07) is 0.277. The number of likely N-dealkylation sites (N-methyl/N-ethyl adjacent to an activating group) is 1. The molecule has 2 N–H and O–H groups in total. The lowest BCUT2D eigenvalue weighted by Crippen LogP contribution is -2.53. The summed E-state index contributed by atoms with van der Waals surface area (Å²) in [5.41, 5.74) is 0. The van der Waals surface area contributed by atoms with Crippen molar-refractivity contribution in [3.63, 3.8) is 0 Å². The molecule has 6 heteroatoms. The van der Waals surface area contributed by atoms with E-state index in [1.165, 1.54) is 0 Å². The Hall–Kier alpha value is -0.170. The quantitative estimate of drug-likeness (QED) is 0.773. The van der Waals surface area contributed by atoms with E-state index in [2.05, 4.69) is 17.0 Å². The number of nitrogens with zero attached hydrogens (tertiary/aromatic N) is 1. The van der Waals surface area contributed by atoms with Gasteiger partial charge in [-0.05, 0) is 32.2 Å². The van der Waals surface area contributed by atoms with E-state index in [1.807, 2.05) is 0 Å². The Balaban J connectivity index is 1.98. The Labute approximate surface area is 117 Å². The van der Waals surface area contributed by atoms with Crippen LogP contribution >= 0.6 is 0 Å². The van der Waals surface area contributed by atoms with Crippen molar-refractivity contribution in [2.24, 2.45) is 0 Å². The van der Waals surface area contributed by atoms with Crippen molar-refractivity contribution in [3.8, 4) is 0 Å². The van der Waals surface area contributed by atoms with Crippen molar-refractivity contribution >= 4 is 10.2 Å². The van der Waals surface area contributed by atoms with Crippen LogP contribution in [-0.4, -0.2) is 44.4 Å². The smallest absolute Gasteiger partial charge is 0.279 e. The summed E-state index contributed by atoms with van der Waals surface area (Å²) in [6.45, 7) is 4.37. The summed E-state index contributed by atoms with van der Waals surface area (Å²) in [5, 5.41) is 3.28. The van der Waals surface area contributed by atoms with Crippen molar-refractivity contribution in [2.45, 2.75) is 64.0 Å². The van der Waals surface area contributed by atoms with Gasteiger partial charge in [0.05, 0.1) is 0 Å². The first-order valence-electron chi connectivity index (χ1n) is 7.63. The fourth-order valence-electron chi connectivity index (χ4n) is 3.13. The highest BCUT2D eigenvalue weighted by molar-refractivity contribution is 7.87. The molecule has 112 valence electrons. The third-order valence-corrected chi connectivity index (χ3v) is 5.91. The lowest BCUT2D eigenvalue weighted by atomic mass is 10.1. The van der Waals surface area contributed by atoms with E-state index >= 15 is 0 Å². The van der Waals surface area contributed by atoms with Gasteiger partial charge in [-0.3, -0.25) is 0 Å². The van der Waals surface area contributed by atoms with Crippen LogP contribution in [0.5, 0.6) is 0 Å². The highest BCUT2D eigenvalue weighted by atomic mass is 32.2. The molecule has 1 aliphatic heterocycles. The van der Waals surface area contributed by atoms with Crippen LogP contribution in [0.15, 0.2) is 0 Å². The summed E-state index contributed by atoms with van der Waals surface area (Å²) in [6.07, 6.45) is 7.36. The van der Waals surface area contributed by atoms with E-state index < -0.39 is 10.2 Å². The lowest BCUT2D eigenvalue weighted by Gasteiger charge is -2.35. The Morgan fingerprint density at radius 1 is 1.11 bits per heavy atom. The van der Waals surface area contributed by atoms with Crippen LogP contribution in [0.1, 0.15) is 51.9 Å². The molecule has 0 bridgehead atoms. The standard InChI is InChI=1S/C13H27N3O2S/c1-2-14-11-13-9-5-6-10-16(13)19(17,18)15-12-7-3-4-8-12/h12-15H,2-11H2,1H3. The molecule has 2 rings (SSSR count). The monoisotopic (exact) mass is 289 g/mol. The molecule has 1 saturated carbocycles. The highest BCUT2D eigenvalue weighted by Crippen LogP contribution is 2.23. The van der Waals surface area contributed by atoms with Crippen molar-refractivity contribution in [1.29, 1.82) is 0 Å². The predicted molar refractivity (Wildman–Crippen MR) is 77.2 cm³/mol. The molecule has 1 atom stereocenters. The largest absolute Gasteiger partial charge is 0.315 e. The van der Waals surface area contributed by atoms with Crippen molar-refractivity contribution < 1.29 is 8.42 Å². The molecule has 2 aliphatic rings. The molecule has 1 saturated heterocycles. The normalized spacial score (nSPS) is 26.9. The molecular formula is C13H27N3O2S. The van der Waals surface area contributed by atoms with Crippen molar-refractivity contribution in [1.82, 2.24) is 14.3 Å². The summed E-state index contributed by atoms with van der Waals surface area (Å²) in [5.74, 6) is 0. The SMILES string of the molecule is CCNCC1CCCCN1S(=O)(=O)NC1CCCC1. The minimum Gasteiger partial charge on any atom is -0.315 e. The zero-order valence-electron chi connectivity index (χ0n) is 11.9. The second kappa shape index (κ2) is 7.02. The lowest BCUT2D eigenvalue weighted by molar-refractivity contribution is 0.242. The maximum atomic E-state index is 12.5. The van der Waals surface area contributed by atoms with Gasteiger partial charge in [0.2, 0.25) is 0 Å². The molecule has 0 aromatic heterocycles. The molecule has 19 heavy (non-hydrogen) atoms. The average Bonchev–Trinajstić information content (AvgIpc) is 2.88. The van der Waals surface area contributed by atoms with Crippen LogP contribution < -0.4 is 10.0 Å². The van der Waals surface area contributed by atoms with E-state index in [-0.39, 0.29) is 12.1 Å². The fraction of sp³-hybridized carbons (Fsp3) is 1.00. The van der Waals surface area contributed by atoms with Crippen molar-refractivity contribution in [2.75, 3.05) is 19.6 Å². The van der Waals surface area contributed by atoms with Gasteiger partial charge in [-0.15, -0.1) is 0 Å². The topological polar surface area (TPSA) is 61.4 Å². The molecular weight excluding hydrogens is 262 g/mol. The molecule has 2 fully saturated rings. The number of hydrogen-bond donors (Lipinski definition) is 2. The first-order valence-corrected chi connectivity index (χ1v) is 9.07. The fourth-order valence-corrected chi connectivity index (χ4v) is 4.86. The summed E-state index contributed by atoms with van der Waals surface area (Å²) >= 11 is 0. The summed E-state index contributed by atoms with van der Waals surface area (Å²) in [4.78, 5) is 0. The van der Waals surface area contributed by atoms with Crippen LogP contribution in [-0.2, 0) is 10.2 Å². The van der Waals surface area contributed by atoms with Gasteiger partial charge >= 0.3 is 0 Å². The number of piperidine rings is 1. The highest BCUT2D eigenvalue weighted by Gasteiger charge is 2.33. The minimum atomic E-state index is -3.30. The maximum absolute atomic E-state index is 12.5. The third-order valence-electron chi connectivity index (χ3n) is 4.18. The van der Waals surface area contributed by atoms with Gasteiger partial charge in [-0.1, -0.05) is 26.2 Å². The van der Waals surface area contributed by atoms with Crippen LogP contribution in [0.3, 0.4) is 0 Å². The van der Waals surface area contributed by atoms with Crippen LogP contribution in [0, 0.1) is 0 Å². The molecule has 0 amide bonds. The van der Waals surface area contributed by atoms with Gasteiger partial charge < -0.3 is 5.32 Å². The number of hydrogen-bond acceptors (Lipinski definition) is 3. The molecule has 1 aliphatic carbocycles. The first-order chi connectivity index (χ1) is 9.13. The molecule has 0 aromatic rings. The van der Waals surface area contributed by atoms with E-state index in [0.717, 1.165) is 58.0 Å². The van der Waals surface area contributed by atoms with Gasteiger partial charge in [0.25, 0.3) is 10.2 Å². The molecule has 0 radical (unpaired) electrons. The Bertz CT molecular complexity index is 366. The van der Waals surface area contributed by atoms with E-state index in [1.54, 1.807) is 4.31 Å². The van der Waals surface area contributed by atoms with Crippen LogP contribution in [0.4, 0.5) is 0 Å². The zero-order valence-corrected chi connectivity index (χ0v) is 12.7. The van der Waals surface area contributed by atoms with Crippen LogP contribution in [0.2, 0.25) is 0 Å². The molecule has 5 nitrogen and oxygen atoms in total. The molecule has 1 heterocycles. The van der Waals surface area contributed by atoms with Gasteiger partial charge in [-0.25, -0.2) is 0 Å². The van der Waals surface area contributed by atoms with Gasteiger partial charge in [0, 0.05) is 25.2 Å². The Kier molecular flexibility index (Phi) is 5.62. The molecule has 1 unspecified atom stereocenters. The van der Waals surface area contributed by atoms with Gasteiger partial charge in [0.1, 0.15) is 0 Å².